The Morgan fingerprint density at radius 3 is 2.48 bits per heavy atom. The van der Waals surface area contributed by atoms with E-state index in [1.54, 1.807) is 0 Å². The van der Waals surface area contributed by atoms with Crippen molar-refractivity contribution in [1.82, 2.24) is 15.1 Å². The summed E-state index contributed by atoms with van der Waals surface area (Å²) in [7, 11) is 4.39. The Labute approximate surface area is 147 Å². The number of likely N-dealkylation sites (tertiary alicyclic amines) is 1. The minimum absolute atomic E-state index is 0.175. The molecule has 23 heavy (non-hydrogen) atoms. The highest BCUT2D eigenvalue weighted by molar-refractivity contribution is 6.31. The van der Waals surface area contributed by atoms with Gasteiger partial charge in [0.1, 0.15) is 0 Å². The van der Waals surface area contributed by atoms with Crippen molar-refractivity contribution in [3.8, 4) is 0 Å². The first-order valence-electron chi connectivity index (χ1n) is 8.67. The maximum atomic E-state index is 6.32. The lowest BCUT2D eigenvalue weighted by Gasteiger charge is -2.44. The van der Waals surface area contributed by atoms with Gasteiger partial charge in [-0.25, -0.2) is 0 Å². The van der Waals surface area contributed by atoms with E-state index in [-0.39, 0.29) is 5.54 Å². The monoisotopic (exact) mass is 337 g/mol. The number of nitrogens with one attached hydrogen (secondary N) is 1. The predicted octanol–water partition coefficient (Wildman–Crippen LogP) is 3.54. The van der Waals surface area contributed by atoms with Gasteiger partial charge in [-0.3, -0.25) is 4.90 Å². The number of nitrogens with zero attached hydrogens (tertiary/aromatic N) is 2. The molecule has 1 aromatic carbocycles. The Kier molecular flexibility index (Phi) is 6.49. The molecule has 130 valence electrons. The Balaban J connectivity index is 1.82. The molecular weight excluding hydrogens is 306 g/mol. The summed E-state index contributed by atoms with van der Waals surface area (Å²) >= 11 is 6.32. The second kappa shape index (κ2) is 7.98. The van der Waals surface area contributed by atoms with Crippen molar-refractivity contribution >= 4 is 11.6 Å². The summed E-state index contributed by atoms with van der Waals surface area (Å²) in [5.41, 5.74) is 2.57. The molecule has 0 aliphatic carbocycles. The molecule has 0 bridgehead atoms. The fourth-order valence-corrected chi connectivity index (χ4v) is 3.70. The minimum atomic E-state index is 0.175. The first kappa shape index (κ1) is 18.7. The predicted molar refractivity (Wildman–Crippen MR) is 100 cm³/mol. The van der Waals surface area contributed by atoms with Crippen molar-refractivity contribution in [3.05, 3.63) is 34.3 Å². The molecule has 1 aromatic rings. The van der Waals surface area contributed by atoms with E-state index in [1.807, 2.05) is 6.07 Å². The first-order valence-corrected chi connectivity index (χ1v) is 9.04. The third-order valence-corrected chi connectivity index (χ3v) is 5.48. The average molecular weight is 338 g/mol. The summed E-state index contributed by atoms with van der Waals surface area (Å²) in [5.74, 6) is 0. The van der Waals surface area contributed by atoms with Crippen molar-refractivity contribution < 1.29 is 0 Å². The summed E-state index contributed by atoms with van der Waals surface area (Å²) in [6.07, 6.45) is 2.53. The van der Waals surface area contributed by atoms with Crippen LogP contribution >= 0.6 is 11.6 Å². The second-order valence-electron chi connectivity index (χ2n) is 7.69. The van der Waals surface area contributed by atoms with Gasteiger partial charge in [0.05, 0.1) is 0 Å². The Hall–Kier alpha value is -0.610. The molecule has 1 saturated heterocycles. The van der Waals surface area contributed by atoms with Crippen molar-refractivity contribution in [2.75, 3.05) is 33.7 Å². The largest absolute Gasteiger partial charge is 0.311 e. The van der Waals surface area contributed by atoms with E-state index in [2.05, 4.69) is 62.1 Å². The molecule has 4 heteroatoms. The molecule has 2 rings (SSSR count). The molecule has 0 amide bonds. The van der Waals surface area contributed by atoms with E-state index in [1.165, 1.54) is 37.1 Å². The van der Waals surface area contributed by atoms with Gasteiger partial charge in [0.2, 0.25) is 0 Å². The van der Waals surface area contributed by atoms with Crippen LogP contribution in [0.3, 0.4) is 0 Å². The Bertz CT molecular complexity index is 505. The second-order valence-corrected chi connectivity index (χ2v) is 8.10. The van der Waals surface area contributed by atoms with E-state index in [4.69, 9.17) is 11.6 Å². The summed E-state index contributed by atoms with van der Waals surface area (Å²) in [6.45, 7) is 10.9. The van der Waals surface area contributed by atoms with E-state index in [0.29, 0.717) is 0 Å². The van der Waals surface area contributed by atoms with Gasteiger partial charge in [-0.05, 0) is 64.9 Å². The van der Waals surface area contributed by atoms with Crippen LogP contribution < -0.4 is 5.32 Å². The maximum Gasteiger partial charge on any atom is 0.0453 e. The fourth-order valence-electron chi connectivity index (χ4n) is 3.40. The highest BCUT2D eigenvalue weighted by Gasteiger charge is 2.30. The van der Waals surface area contributed by atoms with Gasteiger partial charge in [-0.1, -0.05) is 23.7 Å². The van der Waals surface area contributed by atoms with Gasteiger partial charge in [-0.15, -0.1) is 0 Å². The van der Waals surface area contributed by atoms with Crippen molar-refractivity contribution in [2.45, 2.75) is 51.7 Å². The lowest BCUT2D eigenvalue weighted by atomic mass is 9.95. The van der Waals surface area contributed by atoms with Crippen LogP contribution in [0.2, 0.25) is 5.02 Å². The zero-order chi connectivity index (χ0) is 17.0. The molecule has 1 aliphatic heterocycles. The Morgan fingerprint density at radius 2 is 1.91 bits per heavy atom. The standard InChI is InChI=1S/C19H32ClN3/c1-15-6-7-16(18(20)12-15)13-21-14-19(2,3)23-10-8-17(9-11-23)22(4)5/h6-7,12,17,21H,8-11,13-14H2,1-5H3. The van der Waals surface area contributed by atoms with Crippen LogP contribution in [0.4, 0.5) is 0 Å². The molecule has 1 N–H and O–H groups in total. The van der Waals surface area contributed by atoms with Crippen LogP contribution in [0, 0.1) is 6.92 Å². The smallest absolute Gasteiger partial charge is 0.0453 e. The lowest BCUT2D eigenvalue weighted by molar-refractivity contribution is 0.0616. The maximum absolute atomic E-state index is 6.32. The van der Waals surface area contributed by atoms with Gasteiger partial charge in [0.25, 0.3) is 0 Å². The zero-order valence-electron chi connectivity index (χ0n) is 15.3. The van der Waals surface area contributed by atoms with Crippen LogP contribution in [-0.2, 0) is 6.54 Å². The molecule has 0 unspecified atom stereocenters. The summed E-state index contributed by atoms with van der Waals surface area (Å²) in [6, 6.07) is 7.03. The number of piperidine rings is 1. The van der Waals surface area contributed by atoms with Crippen LogP contribution in [-0.4, -0.2) is 55.1 Å². The van der Waals surface area contributed by atoms with E-state index in [9.17, 15) is 0 Å². The fraction of sp³-hybridized carbons (Fsp3) is 0.684. The van der Waals surface area contributed by atoms with Crippen LogP contribution in [0.5, 0.6) is 0 Å². The van der Waals surface area contributed by atoms with Crippen molar-refractivity contribution in [1.29, 1.82) is 0 Å². The molecule has 0 spiro atoms. The van der Waals surface area contributed by atoms with E-state index in [0.717, 1.165) is 24.2 Å². The minimum Gasteiger partial charge on any atom is -0.311 e. The number of rotatable bonds is 6. The molecule has 1 fully saturated rings. The van der Waals surface area contributed by atoms with Crippen LogP contribution in [0.1, 0.15) is 37.8 Å². The topological polar surface area (TPSA) is 18.5 Å². The quantitative estimate of drug-likeness (QED) is 0.856. The van der Waals surface area contributed by atoms with Crippen molar-refractivity contribution in [2.24, 2.45) is 0 Å². The molecular formula is C19H32ClN3. The van der Waals surface area contributed by atoms with Crippen LogP contribution in [0.15, 0.2) is 18.2 Å². The van der Waals surface area contributed by atoms with Crippen molar-refractivity contribution in [3.63, 3.8) is 0 Å². The molecule has 1 aliphatic rings. The molecule has 0 radical (unpaired) electrons. The highest BCUT2D eigenvalue weighted by Crippen LogP contribution is 2.23. The number of benzene rings is 1. The van der Waals surface area contributed by atoms with Gasteiger partial charge < -0.3 is 10.2 Å². The van der Waals surface area contributed by atoms with Gasteiger partial charge in [0, 0.05) is 42.8 Å². The third-order valence-electron chi connectivity index (χ3n) is 5.13. The Morgan fingerprint density at radius 1 is 1.26 bits per heavy atom. The first-order chi connectivity index (χ1) is 10.8. The summed E-state index contributed by atoms with van der Waals surface area (Å²) < 4.78 is 0. The molecule has 0 atom stereocenters. The van der Waals surface area contributed by atoms with Crippen LogP contribution in [0.25, 0.3) is 0 Å². The van der Waals surface area contributed by atoms with Gasteiger partial charge in [0.15, 0.2) is 0 Å². The number of hydrogen-bond donors (Lipinski definition) is 1. The molecule has 0 saturated carbocycles. The molecule has 0 aromatic heterocycles. The summed E-state index contributed by atoms with van der Waals surface area (Å²) in [4.78, 5) is 4.98. The van der Waals surface area contributed by atoms with Gasteiger partial charge in [-0.2, -0.15) is 0 Å². The third kappa shape index (κ3) is 5.18. The average Bonchev–Trinajstić information content (AvgIpc) is 2.49. The molecule has 3 nitrogen and oxygen atoms in total. The SMILES string of the molecule is Cc1ccc(CNCC(C)(C)N2CCC(N(C)C)CC2)c(Cl)c1. The number of halogens is 1. The zero-order valence-corrected chi connectivity index (χ0v) is 16.1. The van der Waals surface area contributed by atoms with E-state index >= 15 is 0 Å². The molecule has 1 heterocycles. The number of hydrogen-bond acceptors (Lipinski definition) is 3. The summed E-state index contributed by atoms with van der Waals surface area (Å²) in [5, 5.41) is 4.46. The van der Waals surface area contributed by atoms with E-state index < -0.39 is 0 Å². The normalized spacial score (nSPS) is 17.9. The highest BCUT2D eigenvalue weighted by atomic mass is 35.5. The number of aryl methyl sites for hydroxylation is 1. The van der Waals surface area contributed by atoms with Gasteiger partial charge >= 0.3 is 0 Å². The lowest BCUT2D eigenvalue weighted by Crippen LogP contribution is -2.55.